The molecular weight excluding hydrogens is 356 g/mol. The molecule has 0 bridgehead atoms. The van der Waals surface area contributed by atoms with Crippen LogP contribution in [-0.2, 0) is 16.0 Å². The van der Waals surface area contributed by atoms with Crippen molar-refractivity contribution in [1.29, 1.82) is 0 Å². The van der Waals surface area contributed by atoms with Crippen molar-refractivity contribution in [2.45, 2.75) is 26.7 Å². The van der Waals surface area contributed by atoms with Gasteiger partial charge in [0.05, 0.1) is 0 Å². The first-order valence-corrected chi connectivity index (χ1v) is 9.58. The molecule has 0 spiro atoms. The predicted molar refractivity (Wildman–Crippen MR) is 107 cm³/mol. The molecule has 0 fully saturated rings. The van der Waals surface area contributed by atoms with Crippen LogP contribution in [0.4, 0.5) is 11.4 Å². The van der Waals surface area contributed by atoms with E-state index in [1.54, 1.807) is 36.9 Å². The Morgan fingerprint density at radius 1 is 1.04 bits per heavy atom. The van der Waals surface area contributed by atoms with E-state index in [9.17, 15) is 9.59 Å². The molecule has 0 unspecified atom stereocenters. The summed E-state index contributed by atoms with van der Waals surface area (Å²) in [4.78, 5) is 28.0. The van der Waals surface area contributed by atoms with E-state index in [0.717, 1.165) is 24.1 Å². The number of para-hydroxylation sites is 1. The van der Waals surface area contributed by atoms with Crippen LogP contribution in [0.25, 0.3) is 0 Å². The van der Waals surface area contributed by atoms with E-state index < -0.39 is 5.41 Å². The minimum atomic E-state index is -1.21. The average molecular weight is 380 g/mol. The molecule has 2 aliphatic rings. The van der Waals surface area contributed by atoms with Gasteiger partial charge >= 0.3 is 0 Å². The number of benzene rings is 2. The zero-order valence-electron chi connectivity index (χ0n) is 16.2. The van der Waals surface area contributed by atoms with Crippen LogP contribution in [0.2, 0.25) is 0 Å². The number of hydrogen-bond acceptors (Lipinski definition) is 4. The van der Waals surface area contributed by atoms with E-state index >= 15 is 0 Å². The third kappa shape index (κ3) is 3.30. The van der Waals surface area contributed by atoms with Crippen molar-refractivity contribution in [3.63, 3.8) is 0 Å². The smallest absolute Gasteiger partial charge is 0.242 e. The molecule has 2 aromatic rings. The number of carbonyl (C=O) groups excluding carboxylic acids is 2. The number of anilines is 2. The highest BCUT2D eigenvalue weighted by atomic mass is 16.6. The van der Waals surface area contributed by atoms with Crippen LogP contribution >= 0.6 is 0 Å². The fraction of sp³-hybridized carbons (Fsp3) is 0.364. The lowest BCUT2D eigenvalue weighted by molar-refractivity contribution is -0.136. The Balaban J connectivity index is 1.53. The Bertz CT molecular complexity index is 923. The van der Waals surface area contributed by atoms with Crippen LogP contribution in [0.15, 0.2) is 42.5 Å². The second-order valence-corrected chi connectivity index (χ2v) is 7.63. The van der Waals surface area contributed by atoms with E-state index in [4.69, 9.17) is 9.47 Å². The van der Waals surface area contributed by atoms with Gasteiger partial charge in [-0.3, -0.25) is 9.59 Å². The summed E-state index contributed by atoms with van der Waals surface area (Å²) in [6.45, 7) is 4.94. The van der Waals surface area contributed by atoms with Gasteiger partial charge in [0.15, 0.2) is 11.5 Å². The van der Waals surface area contributed by atoms with Crippen molar-refractivity contribution in [2.75, 3.05) is 30.0 Å². The Hall–Kier alpha value is -3.02. The summed E-state index contributed by atoms with van der Waals surface area (Å²) in [5.74, 6) is 0.703. The van der Waals surface area contributed by atoms with Crippen LogP contribution < -0.4 is 19.7 Å². The zero-order chi connectivity index (χ0) is 19.7. The molecule has 6 nitrogen and oxygen atoms in total. The topological polar surface area (TPSA) is 67.9 Å². The second-order valence-electron chi connectivity index (χ2n) is 7.63. The summed E-state index contributed by atoms with van der Waals surface area (Å²) in [5.41, 5.74) is 1.41. The molecule has 2 aliphatic heterocycles. The standard InChI is InChI=1S/C22H24N2O4/c1-22(2,21(26)24-11-5-7-15-6-3-4-8-17(15)24)20(25)23-16-9-10-18-19(14-16)28-13-12-27-18/h3-4,6,8-10,14H,5,7,11-13H2,1-2H3,(H,23,25). The van der Waals surface area contributed by atoms with Crippen molar-refractivity contribution in [3.05, 3.63) is 48.0 Å². The van der Waals surface area contributed by atoms with Gasteiger partial charge in [-0.2, -0.15) is 0 Å². The molecule has 146 valence electrons. The van der Waals surface area contributed by atoms with Gasteiger partial charge in [-0.15, -0.1) is 0 Å². The first kappa shape index (κ1) is 18.3. The van der Waals surface area contributed by atoms with E-state index in [1.807, 2.05) is 24.3 Å². The molecule has 0 aromatic heterocycles. The van der Waals surface area contributed by atoms with Crippen molar-refractivity contribution >= 4 is 23.2 Å². The molecule has 1 N–H and O–H groups in total. The maximum Gasteiger partial charge on any atom is 0.242 e. The maximum atomic E-state index is 13.3. The zero-order valence-corrected chi connectivity index (χ0v) is 16.2. The number of ether oxygens (including phenoxy) is 2. The molecule has 0 saturated carbocycles. The fourth-order valence-corrected chi connectivity index (χ4v) is 3.59. The number of fused-ring (bicyclic) bond motifs is 2. The van der Waals surface area contributed by atoms with Crippen LogP contribution in [0.3, 0.4) is 0 Å². The van der Waals surface area contributed by atoms with Crippen LogP contribution in [0.5, 0.6) is 11.5 Å². The molecule has 28 heavy (non-hydrogen) atoms. The maximum absolute atomic E-state index is 13.3. The van der Waals surface area contributed by atoms with Crippen molar-refractivity contribution in [3.8, 4) is 11.5 Å². The number of amides is 2. The predicted octanol–water partition coefficient (Wildman–Crippen LogP) is 3.40. The lowest BCUT2D eigenvalue weighted by Crippen LogP contribution is -2.49. The van der Waals surface area contributed by atoms with Crippen molar-refractivity contribution in [2.24, 2.45) is 5.41 Å². The quantitative estimate of drug-likeness (QED) is 0.829. The first-order chi connectivity index (χ1) is 13.5. The molecule has 6 heteroatoms. The number of aryl methyl sites for hydroxylation is 1. The third-order valence-corrected chi connectivity index (χ3v) is 5.26. The summed E-state index contributed by atoms with van der Waals surface area (Å²) in [6, 6.07) is 13.1. The minimum absolute atomic E-state index is 0.199. The van der Waals surface area contributed by atoms with Crippen LogP contribution in [0, 0.1) is 5.41 Å². The average Bonchev–Trinajstić information content (AvgIpc) is 2.72. The normalized spacial score (nSPS) is 15.6. The monoisotopic (exact) mass is 380 g/mol. The highest BCUT2D eigenvalue weighted by molar-refractivity contribution is 6.15. The summed E-state index contributed by atoms with van der Waals surface area (Å²) >= 11 is 0. The number of nitrogens with zero attached hydrogens (tertiary/aromatic N) is 1. The highest BCUT2D eigenvalue weighted by Gasteiger charge is 2.40. The van der Waals surface area contributed by atoms with E-state index in [2.05, 4.69) is 5.32 Å². The molecule has 0 radical (unpaired) electrons. The van der Waals surface area contributed by atoms with Crippen molar-refractivity contribution < 1.29 is 19.1 Å². The summed E-state index contributed by atoms with van der Waals surface area (Å²) in [5, 5.41) is 2.85. The largest absolute Gasteiger partial charge is 0.486 e. The van der Waals surface area contributed by atoms with Gasteiger partial charge in [-0.05, 0) is 50.5 Å². The van der Waals surface area contributed by atoms with Gasteiger partial charge in [0, 0.05) is 24.0 Å². The van der Waals surface area contributed by atoms with Gasteiger partial charge in [0.2, 0.25) is 11.8 Å². The lowest BCUT2D eigenvalue weighted by atomic mass is 9.88. The van der Waals surface area contributed by atoms with Gasteiger partial charge in [0.25, 0.3) is 0 Å². The lowest BCUT2D eigenvalue weighted by Gasteiger charge is -2.35. The SMILES string of the molecule is CC(C)(C(=O)Nc1ccc2c(c1)OCCO2)C(=O)N1CCCc2ccccc21. The number of carbonyl (C=O) groups is 2. The molecule has 2 amide bonds. The third-order valence-electron chi connectivity index (χ3n) is 5.26. The second kappa shape index (κ2) is 7.19. The van der Waals surface area contributed by atoms with Gasteiger partial charge < -0.3 is 19.7 Å². The summed E-state index contributed by atoms with van der Waals surface area (Å²) in [6.07, 6.45) is 1.84. The molecular formula is C22H24N2O4. The fourth-order valence-electron chi connectivity index (χ4n) is 3.59. The molecule has 2 heterocycles. The highest BCUT2D eigenvalue weighted by Crippen LogP contribution is 2.34. The molecule has 0 aliphatic carbocycles. The number of rotatable bonds is 3. The Labute approximate surface area is 164 Å². The number of nitrogens with one attached hydrogen (secondary N) is 1. The first-order valence-electron chi connectivity index (χ1n) is 9.58. The molecule has 2 aromatic carbocycles. The number of hydrogen-bond donors (Lipinski definition) is 1. The Morgan fingerprint density at radius 3 is 2.61 bits per heavy atom. The van der Waals surface area contributed by atoms with Gasteiger partial charge in [0.1, 0.15) is 18.6 Å². The van der Waals surface area contributed by atoms with Crippen LogP contribution in [-0.4, -0.2) is 31.6 Å². The molecule has 0 saturated heterocycles. The van der Waals surface area contributed by atoms with E-state index in [-0.39, 0.29) is 11.8 Å². The van der Waals surface area contributed by atoms with Gasteiger partial charge in [-0.25, -0.2) is 0 Å². The van der Waals surface area contributed by atoms with E-state index in [1.165, 1.54) is 0 Å². The minimum Gasteiger partial charge on any atom is -0.486 e. The molecule has 0 atom stereocenters. The Kier molecular flexibility index (Phi) is 4.71. The van der Waals surface area contributed by atoms with E-state index in [0.29, 0.717) is 36.9 Å². The molecule has 4 rings (SSSR count). The van der Waals surface area contributed by atoms with Crippen molar-refractivity contribution in [1.82, 2.24) is 0 Å². The Morgan fingerprint density at radius 2 is 1.79 bits per heavy atom. The van der Waals surface area contributed by atoms with Crippen LogP contribution in [0.1, 0.15) is 25.8 Å². The summed E-state index contributed by atoms with van der Waals surface area (Å²) < 4.78 is 11.1. The van der Waals surface area contributed by atoms with Gasteiger partial charge in [-0.1, -0.05) is 18.2 Å². The summed E-state index contributed by atoms with van der Waals surface area (Å²) in [7, 11) is 0.